The van der Waals surface area contributed by atoms with E-state index < -0.39 is 9.84 Å². The van der Waals surface area contributed by atoms with Crippen LogP contribution in [0.1, 0.15) is 32.0 Å². The topological polar surface area (TPSA) is 98.9 Å². The van der Waals surface area contributed by atoms with Gasteiger partial charge in [0.05, 0.1) is 23.4 Å². The number of amides is 1. The predicted molar refractivity (Wildman–Crippen MR) is 85.8 cm³/mol. The molecule has 1 aliphatic heterocycles. The summed E-state index contributed by atoms with van der Waals surface area (Å²) in [5, 5.41) is 11.5. The number of aromatic nitrogens is 4. The van der Waals surface area contributed by atoms with E-state index in [4.69, 9.17) is 0 Å². The van der Waals surface area contributed by atoms with Crippen LogP contribution < -0.4 is 5.32 Å². The summed E-state index contributed by atoms with van der Waals surface area (Å²) in [6.45, 7) is 6.03. The third kappa shape index (κ3) is 3.10. The Labute approximate surface area is 134 Å². The molecule has 1 N–H and O–H groups in total. The van der Waals surface area contributed by atoms with Crippen molar-refractivity contribution in [3.63, 3.8) is 0 Å². The van der Waals surface area contributed by atoms with Crippen LogP contribution in [0.2, 0.25) is 0 Å². The van der Waals surface area contributed by atoms with Gasteiger partial charge >= 0.3 is 0 Å². The zero-order valence-corrected chi connectivity index (χ0v) is 14.3. The maximum absolute atomic E-state index is 12.2. The first-order valence-electron chi connectivity index (χ1n) is 7.67. The van der Waals surface area contributed by atoms with E-state index in [1.165, 1.54) is 0 Å². The van der Waals surface area contributed by atoms with E-state index in [1.807, 2.05) is 25.5 Å². The van der Waals surface area contributed by atoms with Crippen molar-refractivity contribution in [2.75, 3.05) is 11.5 Å². The highest BCUT2D eigenvalue weighted by atomic mass is 32.2. The molecular formula is C14H21N5O3S. The van der Waals surface area contributed by atoms with Gasteiger partial charge < -0.3 is 5.32 Å². The molecule has 0 radical (unpaired) electrons. The van der Waals surface area contributed by atoms with Crippen molar-refractivity contribution in [3.05, 3.63) is 11.9 Å². The summed E-state index contributed by atoms with van der Waals surface area (Å²) >= 11 is 0. The van der Waals surface area contributed by atoms with Crippen molar-refractivity contribution in [3.8, 4) is 0 Å². The minimum absolute atomic E-state index is 0.0254. The van der Waals surface area contributed by atoms with Gasteiger partial charge in [-0.3, -0.25) is 14.2 Å². The summed E-state index contributed by atoms with van der Waals surface area (Å²) in [5.41, 5.74) is 2.56. The highest BCUT2D eigenvalue weighted by molar-refractivity contribution is 7.91. The number of rotatable bonds is 4. The molecule has 0 aromatic carbocycles. The van der Waals surface area contributed by atoms with Crippen LogP contribution in [-0.4, -0.2) is 51.4 Å². The number of hydrogen-bond acceptors (Lipinski definition) is 5. The molecule has 8 nitrogen and oxygen atoms in total. The highest BCUT2D eigenvalue weighted by Gasteiger charge is 2.29. The molecule has 126 valence electrons. The largest absolute Gasteiger partial charge is 0.351 e. The fraction of sp³-hybridized carbons (Fsp3) is 0.643. The minimum Gasteiger partial charge on any atom is -0.351 e. The molecule has 23 heavy (non-hydrogen) atoms. The summed E-state index contributed by atoms with van der Waals surface area (Å²) < 4.78 is 26.4. The summed E-state index contributed by atoms with van der Waals surface area (Å²) in [7, 11) is -3.00. The molecule has 0 saturated carbocycles. The van der Waals surface area contributed by atoms with Gasteiger partial charge in [-0.1, -0.05) is 0 Å². The van der Waals surface area contributed by atoms with Gasteiger partial charge in [-0.25, -0.2) is 8.42 Å². The first-order valence-corrected chi connectivity index (χ1v) is 9.49. The molecule has 1 atom stereocenters. The maximum Gasteiger partial charge on any atom is 0.242 e. The van der Waals surface area contributed by atoms with Gasteiger partial charge in [0.2, 0.25) is 5.91 Å². The van der Waals surface area contributed by atoms with Crippen LogP contribution in [0, 0.1) is 6.92 Å². The quantitative estimate of drug-likeness (QED) is 0.871. The second-order valence-corrected chi connectivity index (χ2v) is 8.56. The van der Waals surface area contributed by atoms with Crippen molar-refractivity contribution in [1.29, 1.82) is 0 Å². The van der Waals surface area contributed by atoms with E-state index in [2.05, 4.69) is 15.5 Å². The molecule has 2 aromatic heterocycles. The molecule has 3 heterocycles. The molecular weight excluding hydrogens is 318 g/mol. The Morgan fingerprint density at radius 3 is 2.83 bits per heavy atom. The van der Waals surface area contributed by atoms with Gasteiger partial charge in [-0.2, -0.15) is 10.2 Å². The van der Waals surface area contributed by atoms with Gasteiger partial charge in [0, 0.05) is 12.1 Å². The van der Waals surface area contributed by atoms with Crippen LogP contribution in [0.15, 0.2) is 6.20 Å². The average molecular weight is 339 g/mol. The molecule has 1 amide bonds. The van der Waals surface area contributed by atoms with Crippen molar-refractivity contribution >= 4 is 26.8 Å². The summed E-state index contributed by atoms with van der Waals surface area (Å²) in [6.07, 6.45) is 2.19. The fourth-order valence-corrected chi connectivity index (χ4v) is 4.68. The fourth-order valence-electron chi connectivity index (χ4n) is 3.01. The zero-order chi connectivity index (χ0) is 16.8. The number of hydrogen-bond donors (Lipinski definition) is 1. The van der Waals surface area contributed by atoms with Crippen LogP contribution in [0.25, 0.3) is 11.0 Å². The molecule has 0 spiro atoms. The van der Waals surface area contributed by atoms with Crippen LogP contribution >= 0.6 is 0 Å². The van der Waals surface area contributed by atoms with Gasteiger partial charge in [0.15, 0.2) is 9.84 Å². The van der Waals surface area contributed by atoms with Crippen LogP contribution in [0.4, 0.5) is 0 Å². The number of carbonyl (C=O) groups excluding carboxylic acids is 1. The Balaban J connectivity index is 1.76. The average Bonchev–Trinajstić information content (AvgIpc) is 3.07. The number of nitrogens with one attached hydrogen (secondary N) is 1. The summed E-state index contributed by atoms with van der Waals surface area (Å²) in [6, 6.07) is -0.0839. The summed E-state index contributed by atoms with van der Waals surface area (Å²) in [5.74, 6) is -0.0595. The molecule has 1 aliphatic rings. The Hall–Kier alpha value is -1.90. The second-order valence-electron chi connectivity index (χ2n) is 6.33. The number of carbonyl (C=O) groups is 1. The molecule has 9 heteroatoms. The second kappa shape index (κ2) is 5.63. The Kier molecular flexibility index (Phi) is 3.91. The van der Waals surface area contributed by atoms with E-state index in [1.54, 1.807) is 10.9 Å². The van der Waals surface area contributed by atoms with Gasteiger partial charge in [-0.05, 0) is 27.2 Å². The molecule has 0 bridgehead atoms. The molecule has 2 aromatic rings. The Bertz CT molecular complexity index is 849. The standard InChI is InChI=1S/C14H21N5O3S/c1-9(2)19-12-6-15-18(14(12)10(3)17-19)7-13(20)16-11-4-5-23(21,22)8-11/h6,9,11H,4-5,7-8H2,1-3H3,(H,16,20)/t11-/m0/s1. The molecule has 3 rings (SSSR count). The molecule has 0 aliphatic carbocycles. The SMILES string of the molecule is Cc1nn(C(C)C)c2cnn(CC(=O)N[C@H]3CCS(=O)(=O)C3)c12. The van der Waals surface area contributed by atoms with Crippen LogP contribution in [-0.2, 0) is 21.2 Å². The number of sulfone groups is 1. The van der Waals surface area contributed by atoms with E-state index in [0.717, 1.165) is 16.7 Å². The van der Waals surface area contributed by atoms with Crippen molar-refractivity contribution in [2.24, 2.45) is 0 Å². The molecule has 1 fully saturated rings. The first kappa shape index (κ1) is 16.0. The van der Waals surface area contributed by atoms with Gasteiger partial charge in [0.25, 0.3) is 0 Å². The predicted octanol–water partition coefficient (Wildman–Crippen LogP) is 0.425. The van der Waals surface area contributed by atoms with E-state index in [9.17, 15) is 13.2 Å². The lowest BCUT2D eigenvalue weighted by molar-refractivity contribution is -0.122. The normalized spacial score (nSPS) is 20.4. The van der Waals surface area contributed by atoms with Crippen molar-refractivity contribution in [1.82, 2.24) is 24.9 Å². The highest BCUT2D eigenvalue weighted by Crippen LogP contribution is 2.21. The monoisotopic (exact) mass is 339 g/mol. The zero-order valence-electron chi connectivity index (χ0n) is 13.5. The number of aryl methyl sites for hydroxylation is 1. The third-order valence-electron chi connectivity index (χ3n) is 4.05. The van der Waals surface area contributed by atoms with Crippen LogP contribution in [0.3, 0.4) is 0 Å². The lowest BCUT2D eigenvalue weighted by Crippen LogP contribution is -2.37. The minimum atomic E-state index is -3.00. The van der Waals surface area contributed by atoms with E-state index >= 15 is 0 Å². The number of nitrogens with zero attached hydrogens (tertiary/aromatic N) is 4. The van der Waals surface area contributed by atoms with Crippen LogP contribution in [0.5, 0.6) is 0 Å². The maximum atomic E-state index is 12.2. The lowest BCUT2D eigenvalue weighted by Gasteiger charge is -2.11. The van der Waals surface area contributed by atoms with E-state index in [0.29, 0.717) is 6.42 Å². The smallest absolute Gasteiger partial charge is 0.242 e. The Morgan fingerprint density at radius 2 is 2.22 bits per heavy atom. The molecule has 1 saturated heterocycles. The summed E-state index contributed by atoms with van der Waals surface area (Å²) in [4.78, 5) is 12.2. The third-order valence-corrected chi connectivity index (χ3v) is 5.82. The van der Waals surface area contributed by atoms with E-state index in [-0.39, 0.29) is 36.0 Å². The van der Waals surface area contributed by atoms with Crippen molar-refractivity contribution < 1.29 is 13.2 Å². The number of fused-ring (bicyclic) bond motifs is 1. The molecule has 0 unspecified atom stereocenters. The van der Waals surface area contributed by atoms with Crippen molar-refractivity contribution in [2.45, 2.75) is 45.8 Å². The van der Waals surface area contributed by atoms with Gasteiger partial charge in [0.1, 0.15) is 17.6 Å². The van der Waals surface area contributed by atoms with Gasteiger partial charge in [-0.15, -0.1) is 0 Å². The first-order chi connectivity index (χ1) is 10.8. The lowest BCUT2D eigenvalue weighted by atomic mass is 10.2. The Morgan fingerprint density at radius 1 is 1.48 bits per heavy atom.